The van der Waals surface area contributed by atoms with Gasteiger partial charge in [-0.15, -0.1) is 0 Å². The van der Waals surface area contributed by atoms with Gasteiger partial charge in [-0.25, -0.2) is 0 Å². The zero-order valence-corrected chi connectivity index (χ0v) is 11.3. The fourth-order valence-corrected chi connectivity index (χ4v) is 2.83. The fraction of sp³-hybridized carbons (Fsp3) is 0.533. The molecule has 2 atom stereocenters. The van der Waals surface area contributed by atoms with Crippen LogP contribution in [-0.4, -0.2) is 22.0 Å². The largest absolute Gasteiger partial charge is 0.481 e. The first-order valence-electron chi connectivity index (χ1n) is 6.76. The third kappa shape index (κ3) is 2.59. The van der Waals surface area contributed by atoms with Crippen LogP contribution >= 0.6 is 0 Å². The van der Waals surface area contributed by atoms with Crippen LogP contribution < -0.4 is 4.74 Å². The van der Waals surface area contributed by atoms with Crippen LogP contribution in [-0.2, 0) is 11.2 Å². The van der Waals surface area contributed by atoms with E-state index in [0.29, 0.717) is 12.2 Å². The molecule has 0 radical (unpaired) electrons. The van der Waals surface area contributed by atoms with Crippen molar-refractivity contribution in [3.8, 4) is 5.75 Å². The summed E-state index contributed by atoms with van der Waals surface area (Å²) in [6.45, 7) is 4.05. The minimum absolute atomic E-state index is 0.282. The van der Waals surface area contributed by atoms with Crippen LogP contribution in [0.4, 0.5) is 0 Å². The molecule has 1 aliphatic rings. The molecule has 4 nitrogen and oxygen atoms in total. The van der Waals surface area contributed by atoms with Crippen molar-refractivity contribution in [2.24, 2.45) is 0 Å². The number of aryl methyl sites for hydroxylation is 1. The Hall–Kier alpha value is -1.55. The standard InChI is InChI=1S/C15H20O4/c1-3-5-10-6-7-13-11(8-10)12(4-2)15(18,19-13)9-14(16)17/h6-8,12,18H,3-5,9H2,1-2H3,(H,16,17). The van der Waals surface area contributed by atoms with Gasteiger partial charge >= 0.3 is 5.97 Å². The van der Waals surface area contributed by atoms with E-state index in [1.807, 2.05) is 25.1 Å². The molecule has 104 valence electrons. The molecule has 0 saturated carbocycles. The van der Waals surface area contributed by atoms with Gasteiger partial charge in [0.1, 0.15) is 12.2 Å². The molecule has 0 spiro atoms. The van der Waals surface area contributed by atoms with Gasteiger partial charge < -0.3 is 14.9 Å². The Balaban J connectivity index is 2.35. The third-order valence-corrected chi connectivity index (χ3v) is 3.63. The number of aliphatic hydroxyl groups is 1. The molecule has 2 N–H and O–H groups in total. The van der Waals surface area contributed by atoms with Gasteiger partial charge in [0, 0.05) is 5.56 Å². The van der Waals surface area contributed by atoms with Crippen LogP contribution in [0.1, 0.15) is 50.2 Å². The maximum Gasteiger partial charge on any atom is 0.310 e. The molecule has 1 aliphatic heterocycles. The van der Waals surface area contributed by atoms with Crippen molar-refractivity contribution in [1.82, 2.24) is 0 Å². The Morgan fingerprint density at radius 3 is 2.74 bits per heavy atom. The average Bonchev–Trinajstić information content (AvgIpc) is 2.59. The van der Waals surface area contributed by atoms with E-state index in [0.717, 1.165) is 18.4 Å². The highest BCUT2D eigenvalue weighted by molar-refractivity contribution is 5.68. The minimum atomic E-state index is -1.62. The van der Waals surface area contributed by atoms with Crippen molar-refractivity contribution in [2.45, 2.75) is 51.2 Å². The lowest BCUT2D eigenvalue weighted by atomic mass is 9.87. The second-order valence-corrected chi connectivity index (χ2v) is 5.10. The molecular weight excluding hydrogens is 244 g/mol. The smallest absolute Gasteiger partial charge is 0.310 e. The molecule has 1 aromatic rings. The van der Waals surface area contributed by atoms with E-state index in [9.17, 15) is 9.90 Å². The summed E-state index contributed by atoms with van der Waals surface area (Å²) in [5.74, 6) is -2.35. The van der Waals surface area contributed by atoms with E-state index in [1.165, 1.54) is 5.56 Å². The highest BCUT2D eigenvalue weighted by Gasteiger charge is 2.47. The van der Waals surface area contributed by atoms with E-state index < -0.39 is 18.2 Å². The van der Waals surface area contributed by atoms with Crippen molar-refractivity contribution in [3.63, 3.8) is 0 Å². The Bertz CT molecular complexity index is 483. The molecule has 0 fully saturated rings. The van der Waals surface area contributed by atoms with E-state index >= 15 is 0 Å². The number of carbonyl (C=O) groups is 1. The molecule has 19 heavy (non-hydrogen) atoms. The summed E-state index contributed by atoms with van der Waals surface area (Å²) in [6.07, 6.45) is 2.27. The van der Waals surface area contributed by atoms with Gasteiger partial charge in [-0.05, 0) is 24.5 Å². The van der Waals surface area contributed by atoms with Crippen molar-refractivity contribution in [1.29, 1.82) is 0 Å². The lowest BCUT2D eigenvalue weighted by Crippen LogP contribution is -2.40. The van der Waals surface area contributed by atoms with Gasteiger partial charge in [-0.3, -0.25) is 4.79 Å². The Morgan fingerprint density at radius 2 is 2.16 bits per heavy atom. The SMILES string of the molecule is CCCc1ccc2c(c1)C(CC)C(O)(CC(=O)O)O2. The van der Waals surface area contributed by atoms with Gasteiger partial charge in [0.2, 0.25) is 5.79 Å². The van der Waals surface area contributed by atoms with Crippen LogP contribution in [0.3, 0.4) is 0 Å². The number of carboxylic acid groups (broad SMARTS) is 1. The van der Waals surface area contributed by atoms with Gasteiger partial charge in [-0.2, -0.15) is 0 Å². The molecule has 0 amide bonds. The summed E-state index contributed by atoms with van der Waals surface area (Å²) in [5.41, 5.74) is 2.13. The van der Waals surface area contributed by atoms with E-state index in [2.05, 4.69) is 6.92 Å². The summed E-state index contributed by atoms with van der Waals surface area (Å²) < 4.78 is 5.52. The normalized spacial score (nSPS) is 24.9. The number of ether oxygens (including phenoxy) is 1. The summed E-state index contributed by atoms with van der Waals surface area (Å²) in [4.78, 5) is 10.9. The van der Waals surface area contributed by atoms with Crippen LogP contribution in [0.5, 0.6) is 5.75 Å². The zero-order valence-electron chi connectivity index (χ0n) is 11.3. The van der Waals surface area contributed by atoms with E-state index in [4.69, 9.17) is 9.84 Å². The quantitative estimate of drug-likeness (QED) is 0.858. The summed E-state index contributed by atoms with van der Waals surface area (Å²) in [6, 6.07) is 5.84. The number of fused-ring (bicyclic) bond motifs is 1. The van der Waals surface area contributed by atoms with Gasteiger partial charge in [-0.1, -0.05) is 32.4 Å². The second kappa shape index (κ2) is 5.21. The van der Waals surface area contributed by atoms with E-state index in [-0.39, 0.29) is 5.92 Å². The first-order valence-corrected chi connectivity index (χ1v) is 6.76. The molecule has 1 heterocycles. The molecule has 2 unspecified atom stereocenters. The molecule has 1 aromatic carbocycles. The van der Waals surface area contributed by atoms with Gasteiger partial charge in [0.05, 0.1) is 5.92 Å². The number of benzene rings is 1. The van der Waals surface area contributed by atoms with Crippen LogP contribution in [0.15, 0.2) is 18.2 Å². The molecule has 4 heteroatoms. The van der Waals surface area contributed by atoms with Gasteiger partial charge in [0.25, 0.3) is 0 Å². The molecule has 0 aliphatic carbocycles. The number of hydrogen-bond donors (Lipinski definition) is 2. The first-order chi connectivity index (χ1) is 9.00. The Labute approximate surface area is 113 Å². The van der Waals surface area contributed by atoms with E-state index in [1.54, 1.807) is 0 Å². The van der Waals surface area contributed by atoms with Crippen molar-refractivity contribution in [3.05, 3.63) is 29.3 Å². The predicted molar refractivity (Wildman–Crippen MR) is 71.3 cm³/mol. The molecule has 0 aromatic heterocycles. The summed E-state index contributed by atoms with van der Waals surface area (Å²) >= 11 is 0. The van der Waals surface area contributed by atoms with Crippen LogP contribution in [0.25, 0.3) is 0 Å². The highest BCUT2D eigenvalue weighted by Crippen LogP contribution is 2.47. The lowest BCUT2D eigenvalue weighted by molar-refractivity contribution is -0.170. The maximum absolute atomic E-state index is 10.9. The summed E-state index contributed by atoms with van der Waals surface area (Å²) in [7, 11) is 0. The molecular formula is C15H20O4. The first kappa shape index (κ1) is 13.9. The van der Waals surface area contributed by atoms with Crippen LogP contribution in [0.2, 0.25) is 0 Å². The minimum Gasteiger partial charge on any atom is -0.481 e. The fourth-order valence-electron chi connectivity index (χ4n) is 2.83. The summed E-state index contributed by atoms with van der Waals surface area (Å²) in [5, 5.41) is 19.4. The Morgan fingerprint density at radius 1 is 1.42 bits per heavy atom. The monoisotopic (exact) mass is 264 g/mol. The van der Waals surface area contributed by atoms with Crippen molar-refractivity contribution in [2.75, 3.05) is 0 Å². The number of aliphatic carboxylic acids is 1. The molecule has 2 rings (SSSR count). The van der Waals surface area contributed by atoms with Gasteiger partial charge in [0.15, 0.2) is 0 Å². The maximum atomic E-state index is 10.9. The highest BCUT2D eigenvalue weighted by atomic mass is 16.6. The van der Waals surface area contributed by atoms with Crippen LogP contribution in [0, 0.1) is 0 Å². The Kier molecular flexibility index (Phi) is 3.80. The third-order valence-electron chi connectivity index (χ3n) is 3.63. The van der Waals surface area contributed by atoms with Crippen molar-refractivity contribution >= 4 is 5.97 Å². The number of rotatable bonds is 5. The molecule has 0 bridgehead atoms. The lowest BCUT2D eigenvalue weighted by Gasteiger charge is -2.26. The second-order valence-electron chi connectivity index (χ2n) is 5.10. The number of hydrogen-bond acceptors (Lipinski definition) is 3. The topological polar surface area (TPSA) is 66.8 Å². The van der Waals surface area contributed by atoms with Crippen molar-refractivity contribution < 1.29 is 19.7 Å². The predicted octanol–water partition coefficient (Wildman–Crippen LogP) is 2.69. The number of carboxylic acids is 1. The average molecular weight is 264 g/mol. The molecule has 0 saturated heterocycles. The zero-order chi connectivity index (χ0) is 14.0.